The van der Waals surface area contributed by atoms with Crippen LogP contribution in [-0.4, -0.2) is 27.5 Å². The highest BCUT2D eigenvalue weighted by Crippen LogP contribution is 2.19. The molecule has 22 heavy (non-hydrogen) atoms. The van der Waals surface area contributed by atoms with Crippen molar-refractivity contribution in [3.63, 3.8) is 0 Å². The lowest BCUT2D eigenvalue weighted by molar-refractivity contribution is 0.348. The molecule has 0 amide bonds. The van der Waals surface area contributed by atoms with Crippen LogP contribution in [0.2, 0.25) is 0 Å². The van der Waals surface area contributed by atoms with Crippen molar-refractivity contribution in [1.29, 1.82) is 0 Å². The molecule has 0 radical (unpaired) electrons. The zero-order chi connectivity index (χ0) is 15.6. The summed E-state index contributed by atoms with van der Waals surface area (Å²) in [6, 6.07) is 13.4. The summed E-state index contributed by atoms with van der Waals surface area (Å²) >= 11 is 3.28. The van der Waals surface area contributed by atoms with E-state index < -0.39 is 10.0 Å². The van der Waals surface area contributed by atoms with Gasteiger partial charge in [0.25, 0.3) is 10.0 Å². The van der Waals surface area contributed by atoms with Crippen LogP contribution in [0, 0.1) is 0 Å². The van der Waals surface area contributed by atoms with Gasteiger partial charge in [0, 0.05) is 15.7 Å². The van der Waals surface area contributed by atoms with Crippen LogP contribution >= 0.6 is 15.9 Å². The predicted octanol–water partition coefficient (Wildman–Crippen LogP) is 3.03. The van der Waals surface area contributed by atoms with E-state index in [1.54, 1.807) is 48.5 Å². The molecule has 7 heteroatoms. The lowest BCUT2D eigenvalue weighted by atomic mass is 10.2. The second-order valence-electron chi connectivity index (χ2n) is 4.67. The van der Waals surface area contributed by atoms with Crippen LogP contribution < -0.4 is 4.72 Å². The Balaban J connectivity index is 1.78. The van der Waals surface area contributed by atoms with E-state index in [4.69, 9.17) is 4.74 Å². The molecule has 0 aliphatic carbocycles. The molecule has 0 bridgehead atoms. The van der Waals surface area contributed by atoms with Crippen molar-refractivity contribution in [2.45, 2.75) is 4.90 Å². The Morgan fingerprint density at radius 3 is 2.32 bits per heavy atom. The summed E-state index contributed by atoms with van der Waals surface area (Å²) in [6.07, 6.45) is 0. The molecule has 1 N–H and O–H groups in total. The van der Waals surface area contributed by atoms with Gasteiger partial charge in [-0.15, -0.1) is 0 Å². The van der Waals surface area contributed by atoms with Crippen molar-refractivity contribution >= 4 is 37.5 Å². The topological polar surface area (TPSA) is 67.8 Å². The molecule has 3 rings (SSSR count). The summed E-state index contributed by atoms with van der Waals surface area (Å²) in [5, 5.41) is 0. The van der Waals surface area contributed by atoms with Crippen LogP contribution in [-0.2, 0) is 14.8 Å². The van der Waals surface area contributed by atoms with E-state index in [9.17, 15) is 8.42 Å². The largest absolute Gasteiger partial charge is 0.476 e. The summed E-state index contributed by atoms with van der Waals surface area (Å²) < 4.78 is 33.3. The number of hydrogen-bond donors (Lipinski definition) is 1. The molecule has 0 aromatic heterocycles. The monoisotopic (exact) mass is 380 g/mol. The Kier molecular flexibility index (Phi) is 4.17. The van der Waals surface area contributed by atoms with Crippen molar-refractivity contribution in [2.75, 3.05) is 17.9 Å². The summed E-state index contributed by atoms with van der Waals surface area (Å²) in [6.45, 7) is 1.25. The maximum Gasteiger partial charge on any atom is 0.261 e. The van der Waals surface area contributed by atoms with E-state index in [0.29, 0.717) is 24.7 Å². The number of anilines is 1. The van der Waals surface area contributed by atoms with Gasteiger partial charge in [-0.3, -0.25) is 4.72 Å². The first-order valence-electron chi connectivity index (χ1n) is 6.61. The average Bonchev–Trinajstić information content (AvgIpc) is 3.02. The first-order valence-corrected chi connectivity index (χ1v) is 8.88. The van der Waals surface area contributed by atoms with E-state index in [0.717, 1.165) is 10.0 Å². The first kappa shape index (κ1) is 15.1. The van der Waals surface area contributed by atoms with Crippen molar-refractivity contribution in [1.82, 2.24) is 0 Å². The number of rotatable bonds is 4. The van der Waals surface area contributed by atoms with E-state index in [1.165, 1.54) is 0 Å². The second-order valence-corrected chi connectivity index (χ2v) is 7.27. The minimum atomic E-state index is -3.59. The number of ether oxygens (including phenoxy) is 1. The number of sulfonamides is 1. The number of nitrogens with one attached hydrogen (secondary N) is 1. The molecule has 0 saturated heterocycles. The smallest absolute Gasteiger partial charge is 0.261 e. The summed E-state index contributed by atoms with van der Waals surface area (Å²) in [5.74, 6) is 0.599. The molecule has 2 aromatic rings. The van der Waals surface area contributed by atoms with Crippen LogP contribution in [0.15, 0.2) is 62.9 Å². The normalized spacial score (nSPS) is 14.3. The fraction of sp³-hybridized carbons (Fsp3) is 0.133. The standard InChI is InChI=1S/C15H13BrN2O3S/c16-12-3-7-14(8-4-12)22(19,20)18-13-5-1-11(2-6-13)15-17-9-10-21-15/h1-8,18H,9-10H2. The van der Waals surface area contributed by atoms with Gasteiger partial charge in [-0.1, -0.05) is 15.9 Å². The Morgan fingerprint density at radius 2 is 1.73 bits per heavy atom. The van der Waals surface area contributed by atoms with Gasteiger partial charge >= 0.3 is 0 Å². The minimum Gasteiger partial charge on any atom is -0.476 e. The summed E-state index contributed by atoms with van der Waals surface area (Å²) in [5.41, 5.74) is 1.33. The molecule has 0 fully saturated rings. The number of benzene rings is 2. The fourth-order valence-electron chi connectivity index (χ4n) is 2.02. The summed E-state index contributed by atoms with van der Waals surface area (Å²) in [7, 11) is -3.59. The third-order valence-corrected chi connectivity index (χ3v) is 5.02. The Hall–Kier alpha value is -1.86. The summed E-state index contributed by atoms with van der Waals surface area (Å²) in [4.78, 5) is 4.43. The van der Waals surface area contributed by atoms with Crippen LogP contribution in [0.3, 0.4) is 0 Å². The Morgan fingerprint density at radius 1 is 1.05 bits per heavy atom. The van der Waals surface area contributed by atoms with Gasteiger partial charge in [0.15, 0.2) is 0 Å². The molecule has 114 valence electrons. The highest BCUT2D eigenvalue weighted by Gasteiger charge is 2.15. The zero-order valence-corrected chi connectivity index (χ0v) is 13.9. The van der Waals surface area contributed by atoms with Crippen LogP contribution in [0.4, 0.5) is 5.69 Å². The maximum absolute atomic E-state index is 12.3. The van der Waals surface area contributed by atoms with Crippen molar-refractivity contribution in [3.8, 4) is 0 Å². The number of hydrogen-bond acceptors (Lipinski definition) is 4. The number of nitrogens with zero attached hydrogens (tertiary/aromatic N) is 1. The van der Waals surface area contributed by atoms with Crippen LogP contribution in [0.1, 0.15) is 5.56 Å². The molecule has 1 aliphatic rings. The van der Waals surface area contributed by atoms with E-state index in [-0.39, 0.29) is 4.90 Å². The minimum absolute atomic E-state index is 0.211. The van der Waals surface area contributed by atoms with E-state index >= 15 is 0 Å². The molecule has 0 spiro atoms. The zero-order valence-electron chi connectivity index (χ0n) is 11.5. The van der Waals surface area contributed by atoms with Crippen molar-refractivity contribution in [3.05, 3.63) is 58.6 Å². The maximum atomic E-state index is 12.3. The number of aliphatic imine (C=N–C) groups is 1. The molecule has 5 nitrogen and oxygen atoms in total. The molecule has 1 heterocycles. The van der Waals surface area contributed by atoms with Gasteiger partial charge in [0.1, 0.15) is 6.61 Å². The molecular weight excluding hydrogens is 368 g/mol. The van der Waals surface area contributed by atoms with Gasteiger partial charge in [-0.25, -0.2) is 13.4 Å². The molecule has 0 unspecified atom stereocenters. The van der Waals surface area contributed by atoms with Gasteiger partial charge < -0.3 is 4.74 Å². The Bertz CT molecular complexity index is 800. The van der Waals surface area contributed by atoms with Gasteiger partial charge in [-0.05, 0) is 48.5 Å². The Labute approximate surface area is 137 Å². The van der Waals surface area contributed by atoms with Crippen molar-refractivity contribution < 1.29 is 13.2 Å². The second kappa shape index (κ2) is 6.10. The predicted molar refractivity (Wildman–Crippen MR) is 88.7 cm³/mol. The third-order valence-electron chi connectivity index (χ3n) is 3.09. The van der Waals surface area contributed by atoms with Crippen molar-refractivity contribution in [2.24, 2.45) is 4.99 Å². The van der Waals surface area contributed by atoms with E-state index in [2.05, 4.69) is 25.6 Å². The average molecular weight is 381 g/mol. The first-order chi connectivity index (χ1) is 10.5. The molecular formula is C15H13BrN2O3S. The third kappa shape index (κ3) is 3.31. The lowest BCUT2D eigenvalue weighted by Gasteiger charge is -2.09. The fourth-order valence-corrected chi connectivity index (χ4v) is 3.34. The molecule has 0 atom stereocenters. The van der Waals surface area contributed by atoms with Crippen LogP contribution in [0.25, 0.3) is 0 Å². The van der Waals surface area contributed by atoms with Gasteiger partial charge in [0.2, 0.25) is 5.90 Å². The number of halogens is 1. The quantitative estimate of drug-likeness (QED) is 0.885. The van der Waals surface area contributed by atoms with E-state index in [1.807, 2.05) is 0 Å². The lowest BCUT2D eigenvalue weighted by Crippen LogP contribution is -2.13. The SMILES string of the molecule is O=S(=O)(Nc1ccc(C2=NCCO2)cc1)c1ccc(Br)cc1. The molecule has 0 saturated carbocycles. The highest BCUT2D eigenvalue weighted by atomic mass is 79.9. The molecule has 2 aromatic carbocycles. The highest BCUT2D eigenvalue weighted by molar-refractivity contribution is 9.10. The van der Waals surface area contributed by atoms with Crippen LogP contribution in [0.5, 0.6) is 0 Å². The molecule has 1 aliphatic heterocycles. The van der Waals surface area contributed by atoms with Gasteiger partial charge in [-0.2, -0.15) is 0 Å². The van der Waals surface area contributed by atoms with Gasteiger partial charge in [0.05, 0.1) is 11.4 Å².